The Morgan fingerprint density at radius 2 is 1.37 bits per heavy atom. The van der Waals surface area contributed by atoms with Crippen LogP contribution in [0.25, 0.3) is 0 Å². The lowest BCUT2D eigenvalue weighted by Gasteiger charge is -2.47. The van der Waals surface area contributed by atoms with Gasteiger partial charge in [0.15, 0.2) is 6.29 Å². The van der Waals surface area contributed by atoms with Crippen molar-refractivity contribution in [3.05, 3.63) is 0 Å². The Kier molecular flexibility index (Phi) is 14.1. The van der Waals surface area contributed by atoms with E-state index in [1.807, 2.05) is 13.8 Å². The van der Waals surface area contributed by atoms with Crippen molar-refractivity contribution in [2.24, 2.45) is 11.8 Å². The number of aliphatic hydroxyl groups excluding tert-OH is 1. The molecule has 1 aliphatic carbocycles. The number of unbranched alkanes of at least 4 members (excludes halogenated alkanes) is 3. The molecular formula is C27H50O8. The van der Waals surface area contributed by atoms with Crippen molar-refractivity contribution in [1.29, 1.82) is 0 Å². The molecule has 4 unspecified atom stereocenters. The third-order valence-electron chi connectivity index (χ3n) is 7.10. The Labute approximate surface area is 212 Å². The molecule has 1 saturated carbocycles. The molecule has 9 atom stereocenters. The minimum Gasteiger partial charge on any atom is -0.469 e. The summed E-state index contributed by atoms with van der Waals surface area (Å²) >= 11 is 0. The number of hydrogen-bond donors (Lipinski definition) is 1. The highest BCUT2D eigenvalue weighted by molar-refractivity contribution is 5.72. The Morgan fingerprint density at radius 1 is 0.829 bits per heavy atom. The molecule has 206 valence electrons. The predicted octanol–water partition coefficient (Wildman–Crippen LogP) is 4.25. The summed E-state index contributed by atoms with van der Waals surface area (Å²) in [4.78, 5) is 12.1. The van der Waals surface area contributed by atoms with E-state index in [-0.39, 0.29) is 36.1 Å². The molecule has 2 aliphatic rings. The standard InChI is InChI=1S/C27H50O8/c1-7-10-13-31-23-19(5)34-27(25(33-15-12-9-3)24(23)32-14-11-8-2)35-22-18(4)16-20(17-21(22)28)26(29)30-6/h18-25,27-28H,7-17H2,1-6H3/t18-,19?,20?,21-,22?,23-,24?,25+,27+/m1/s1. The van der Waals surface area contributed by atoms with Gasteiger partial charge in [-0.15, -0.1) is 0 Å². The van der Waals surface area contributed by atoms with Crippen molar-refractivity contribution in [2.75, 3.05) is 26.9 Å². The van der Waals surface area contributed by atoms with Crippen LogP contribution in [-0.4, -0.2) is 80.9 Å². The Balaban J connectivity index is 2.20. The summed E-state index contributed by atoms with van der Waals surface area (Å²) in [5.41, 5.74) is 0. The van der Waals surface area contributed by atoms with E-state index in [1.54, 1.807) is 0 Å². The summed E-state index contributed by atoms with van der Waals surface area (Å²) in [5, 5.41) is 10.9. The smallest absolute Gasteiger partial charge is 0.308 e. The monoisotopic (exact) mass is 502 g/mol. The van der Waals surface area contributed by atoms with Crippen molar-refractivity contribution in [3.8, 4) is 0 Å². The van der Waals surface area contributed by atoms with E-state index in [9.17, 15) is 9.90 Å². The second kappa shape index (κ2) is 16.2. The molecule has 8 heteroatoms. The van der Waals surface area contributed by atoms with Gasteiger partial charge in [-0.05, 0) is 44.9 Å². The molecular weight excluding hydrogens is 452 g/mol. The highest BCUT2D eigenvalue weighted by atomic mass is 16.7. The van der Waals surface area contributed by atoms with Crippen LogP contribution >= 0.6 is 0 Å². The van der Waals surface area contributed by atoms with E-state index in [4.69, 9.17) is 28.4 Å². The Bertz CT molecular complexity index is 576. The summed E-state index contributed by atoms with van der Waals surface area (Å²) in [6.07, 6.45) is 3.56. The average Bonchev–Trinajstić information content (AvgIpc) is 2.84. The SMILES string of the molecule is CCCCOC1[C@H](OCCCC)C(C)O[C@@H](OC2[C@H](C)CC(C(=O)OC)C[C@H]2O)[C@H]1OCCCC. The lowest BCUT2D eigenvalue weighted by atomic mass is 9.78. The molecule has 0 aromatic heterocycles. The van der Waals surface area contributed by atoms with Gasteiger partial charge < -0.3 is 33.5 Å². The number of carbonyl (C=O) groups is 1. The van der Waals surface area contributed by atoms with Gasteiger partial charge in [0, 0.05) is 19.8 Å². The molecule has 35 heavy (non-hydrogen) atoms. The molecule has 1 aliphatic heterocycles. The van der Waals surface area contributed by atoms with Gasteiger partial charge in [0.25, 0.3) is 0 Å². The van der Waals surface area contributed by atoms with Gasteiger partial charge in [0.2, 0.25) is 0 Å². The maximum atomic E-state index is 12.1. The molecule has 2 fully saturated rings. The molecule has 0 amide bonds. The van der Waals surface area contributed by atoms with Gasteiger partial charge in [-0.25, -0.2) is 0 Å². The average molecular weight is 503 g/mol. The number of methoxy groups -OCH3 is 1. The maximum absolute atomic E-state index is 12.1. The van der Waals surface area contributed by atoms with E-state index in [0.717, 1.165) is 38.5 Å². The van der Waals surface area contributed by atoms with E-state index in [0.29, 0.717) is 32.7 Å². The highest BCUT2D eigenvalue weighted by Crippen LogP contribution is 2.36. The maximum Gasteiger partial charge on any atom is 0.308 e. The second-order valence-corrected chi connectivity index (χ2v) is 10.1. The molecule has 0 aromatic carbocycles. The van der Waals surface area contributed by atoms with Crippen LogP contribution in [0.1, 0.15) is 86.0 Å². The van der Waals surface area contributed by atoms with Crippen molar-refractivity contribution < 1.29 is 38.3 Å². The van der Waals surface area contributed by atoms with Crippen LogP contribution in [0.2, 0.25) is 0 Å². The normalized spacial score (nSPS) is 35.7. The molecule has 0 bridgehead atoms. The molecule has 0 spiro atoms. The number of esters is 1. The summed E-state index contributed by atoms with van der Waals surface area (Å²) in [7, 11) is 1.38. The first-order chi connectivity index (χ1) is 16.9. The van der Waals surface area contributed by atoms with Crippen LogP contribution in [0.4, 0.5) is 0 Å². The van der Waals surface area contributed by atoms with Crippen LogP contribution in [-0.2, 0) is 33.2 Å². The van der Waals surface area contributed by atoms with Gasteiger partial charge >= 0.3 is 5.97 Å². The summed E-state index contributed by atoms with van der Waals surface area (Å²) in [6.45, 7) is 12.2. The lowest BCUT2D eigenvalue weighted by molar-refractivity contribution is -0.334. The largest absolute Gasteiger partial charge is 0.469 e. The number of aliphatic hydroxyl groups is 1. The first-order valence-corrected chi connectivity index (χ1v) is 13.8. The van der Waals surface area contributed by atoms with E-state index >= 15 is 0 Å². The zero-order chi connectivity index (χ0) is 25.8. The summed E-state index contributed by atoms with van der Waals surface area (Å²) < 4.78 is 36.7. The van der Waals surface area contributed by atoms with Gasteiger partial charge in [-0.1, -0.05) is 47.0 Å². The molecule has 8 nitrogen and oxygen atoms in total. The fourth-order valence-corrected chi connectivity index (χ4v) is 4.99. The minimum atomic E-state index is -0.795. The number of ether oxygens (including phenoxy) is 6. The third-order valence-corrected chi connectivity index (χ3v) is 7.10. The van der Waals surface area contributed by atoms with Crippen LogP contribution in [0.5, 0.6) is 0 Å². The van der Waals surface area contributed by atoms with E-state index in [2.05, 4.69) is 20.8 Å². The zero-order valence-electron chi connectivity index (χ0n) is 22.8. The number of rotatable bonds is 15. The fraction of sp³-hybridized carbons (Fsp3) is 0.963. The summed E-state index contributed by atoms with van der Waals surface area (Å²) in [5.74, 6) is -0.653. The van der Waals surface area contributed by atoms with Crippen LogP contribution in [0.3, 0.4) is 0 Å². The Hall–Kier alpha value is -0.770. The quantitative estimate of drug-likeness (QED) is 0.262. The summed E-state index contributed by atoms with van der Waals surface area (Å²) in [6, 6.07) is 0. The van der Waals surface area contributed by atoms with Crippen molar-refractivity contribution in [2.45, 2.75) is 129 Å². The first kappa shape index (κ1) is 30.5. The number of carbonyl (C=O) groups excluding carboxylic acids is 1. The zero-order valence-corrected chi connectivity index (χ0v) is 22.8. The predicted molar refractivity (Wildman–Crippen MR) is 133 cm³/mol. The fourth-order valence-electron chi connectivity index (χ4n) is 4.99. The van der Waals surface area contributed by atoms with E-state index in [1.165, 1.54) is 7.11 Å². The Morgan fingerprint density at radius 3 is 1.89 bits per heavy atom. The van der Waals surface area contributed by atoms with Crippen LogP contribution < -0.4 is 0 Å². The van der Waals surface area contributed by atoms with Crippen molar-refractivity contribution >= 4 is 5.97 Å². The molecule has 0 aromatic rings. The highest BCUT2D eigenvalue weighted by Gasteiger charge is 2.49. The van der Waals surface area contributed by atoms with Crippen molar-refractivity contribution in [3.63, 3.8) is 0 Å². The van der Waals surface area contributed by atoms with Crippen LogP contribution in [0.15, 0.2) is 0 Å². The molecule has 1 saturated heterocycles. The molecule has 0 radical (unpaired) electrons. The van der Waals surface area contributed by atoms with E-state index < -0.39 is 24.6 Å². The van der Waals surface area contributed by atoms with Gasteiger partial charge in [-0.2, -0.15) is 0 Å². The molecule has 1 N–H and O–H groups in total. The topological polar surface area (TPSA) is 92.7 Å². The lowest BCUT2D eigenvalue weighted by Crippen LogP contribution is -2.62. The van der Waals surface area contributed by atoms with Gasteiger partial charge in [-0.3, -0.25) is 4.79 Å². The van der Waals surface area contributed by atoms with Crippen LogP contribution in [0, 0.1) is 11.8 Å². The van der Waals surface area contributed by atoms with Crippen molar-refractivity contribution in [1.82, 2.24) is 0 Å². The first-order valence-electron chi connectivity index (χ1n) is 13.8. The third kappa shape index (κ3) is 8.93. The van der Waals surface area contributed by atoms with Gasteiger partial charge in [0.05, 0.1) is 31.3 Å². The second-order valence-electron chi connectivity index (χ2n) is 10.1. The molecule has 2 rings (SSSR count). The van der Waals surface area contributed by atoms with Gasteiger partial charge in [0.1, 0.15) is 18.3 Å². The number of hydrogen-bond acceptors (Lipinski definition) is 8. The minimum absolute atomic E-state index is 0.0453. The molecule has 1 heterocycles.